The van der Waals surface area contributed by atoms with Crippen molar-refractivity contribution in [3.8, 4) is 0 Å². The molecule has 0 spiro atoms. The van der Waals surface area contributed by atoms with Gasteiger partial charge in [0.25, 0.3) is 0 Å². The van der Waals surface area contributed by atoms with Gasteiger partial charge < -0.3 is 11.1 Å². The van der Waals surface area contributed by atoms with E-state index in [9.17, 15) is 13.6 Å². The molecule has 2 rings (SSSR count). The average Bonchev–Trinajstić information content (AvgIpc) is 2.35. The molecule has 1 aromatic carbocycles. The Morgan fingerprint density at radius 2 is 2.00 bits per heavy atom. The SMILES string of the molecule is NC(=O)C(c1cc(F)ccc1F)N1CCNCC1. The number of halogens is 2. The van der Waals surface area contributed by atoms with E-state index in [1.165, 1.54) is 0 Å². The van der Waals surface area contributed by atoms with Crippen molar-refractivity contribution in [2.45, 2.75) is 6.04 Å². The standard InChI is InChI=1S/C12H15F2N3O/c13-8-1-2-10(14)9(7-8)11(12(15)18)17-5-3-16-4-6-17/h1-2,7,11,16H,3-6H2,(H2,15,18). The number of rotatable bonds is 3. The summed E-state index contributed by atoms with van der Waals surface area (Å²) in [5, 5.41) is 3.12. The van der Waals surface area contributed by atoms with Crippen molar-refractivity contribution in [1.82, 2.24) is 10.2 Å². The first kappa shape index (κ1) is 12.9. The molecular weight excluding hydrogens is 240 g/mol. The minimum atomic E-state index is -0.914. The number of nitrogens with zero attached hydrogens (tertiary/aromatic N) is 1. The third-order valence-electron chi connectivity index (χ3n) is 3.04. The Labute approximate surface area is 104 Å². The van der Waals surface area contributed by atoms with Crippen LogP contribution in [0.25, 0.3) is 0 Å². The molecule has 1 amide bonds. The van der Waals surface area contributed by atoms with Crippen LogP contribution in [0, 0.1) is 11.6 Å². The van der Waals surface area contributed by atoms with Crippen LogP contribution in [0.1, 0.15) is 11.6 Å². The van der Waals surface area contributed by atoms with Gasteiger partial charge in [-0.15, -0.1) is 0 Å². The molecule has 1 atom stereocenters. The maximum absolute atomic E-state index is 13.7. The van der Waals surface area contributed by atoms with Crippen LogP contribution in [-0.4, -0.2) is 37.0 Å². The molecule has 0 saturated carbocycles. The highest BCUT2D eigenvalue weighted by Gasteiger charge is 2.29. The van der Waals surface area contributed by atoms with Gasteiger partial charge in [-0.1, -0.05) is 0 Å². The van der Waals surface area contributed by atoms with Gasteiger partial charge in [-0.3, -0.25) is 9.69 Å². The maximum atomic E-state index is 13.7. The number of piperazine rings is 1. The molecule has 0 aliphatic carbocycles. The van der Waals surface area contributed by atoms with E-state index >= 15 is 0 Å². The van der Waals surface area contributed by atoms with Crippen LogP contribution in [-0.2, 0) is 4.79 Å². The Hall–Kier alpha value is -1.53. The first-order valence-corrected chi connectivity index (χ1v) is 5.78. The number of primary amides is 1. The number of hydrogen-bond acceptors (Lipinski definition) is 3. The summed E-state index contributed by atoms with van der Waals surface area (Å²) in [5.74, 6) is -1.85. The van der Waals surface area contributed by atoms with E-state index < -0.39 is 23.6 Å². The van der Waals surface area contributed by atoms with Gasteiger partial charge in [-0.25, -0.2) is 8.78 Å². The zero-order chi connectivity index (χ0) is 13.1. The van der Waals surface area contributed by atoms with Crippen molar-refractivity contribution in [3.63, 3.8) is 0 Å². The lowest BCUT2D eigenvalue weighted by atomic mass is 10.0. The van der Waals surface area contributed by atoms with Gasteiger partial charge in [0.05, 0.1) is 0 Å². The summed E-state index contributed by atoms with van der Waals surface area (Å²) in [5.41, 5.74) is 5.33. The van der Waals surface area contributed by atoms with E-state index in [2.05, 4.69) is 5.32 Å². The van der Waals surface area contributed by atoms with Crippen molar-refractivity contribution in [3.05, 3.63) is 35.4 Å². The van der Waals surface area contributed by atoms with Crippen LogP contribution in [0.3, 0.4) is 0 Å². The largest absolute Gasteiger partial charge is 0.368 e. The van der Waals surface area contributed by atoms with Gasteiger partial charge in [-0.05, 0) is 18.2 Å². The highest BCUT2D eigenvalue weighted by molar-refractivity contribution is 5.81. The molecule has 1 aromatic rings. The Morgan fingerprint density at radius 3 is 2.61 bits per heavy atom. The normalized spacial score (nSPS) is 18.6. The molecule has 1 unspecified atom stereocenters. The van der Waals surface area contributed by atoms with Gasteiger partial charge in [0, 0.05) is 31.7 Å². The monoisotopic (exact) mass is 255 g/mol. The predicted molar refractivity (Wildman–Crippen MR) is 62.7 cm³/mol. The summed E-state index contributed by atoms with van der Waals surface area (Å²) in [6, 6.07) is 2.16. The van der Waals surface area contributed by atoms with E-state index in [0.29, 0.717) is 26.2 Å². The zero-order valence-electron chi connectivity index (χ0n) is 9.83. The van der Waals surface area contributed by atoms with Gasteiger partial charge in [0.2, 0.25) is 5.91 Å². The minimum absolute atomic E-state index is 0.00407. The Kier molecular flexibility index (Phi) is 3.88. The molecule has 0 aromatic heterocycles. The second-order valence-corrected chi connectivity index (χ2v) is 4.26. The highest BCUT2D eigenvalue weighted by Crippen LogP contribution is 2.24. The fourth-order valence-electron chi connectivity index (χ4n) is 2.19. The molecule has 6 heteroatoms. The fourth-order valence-corrected chi connectivity index (χ4v) is 2.19. The van der Waals surface area contributed by atoms with E-state index in [1.807, 2.05) is 0 Å². The van der Waals surface area contributed by atoms with Crippen molar-refractivity contribution in [2.75, 3.05) is 26.2 Å². The van der Waals surface area contributed by atoms with Crippen LogP contribution in [0.4, 0.5) is 8.78 Å². The molecule has 0 bridgehead atoms. The lowest BCUT2D eigenvalue weighted by Gasteiger charge is -2.33. The fraction of sp³-hybridized carbons (Fsp3) is 0.417. The number of amides is 1. The van der Waals surface area contributed by atoms with Gasteiger partial charge in [0.15, 0.2) is 0 Å². The number of nitrogens with one attached hydrogen (secondary N) is 1. The van der Waals surface area contributed by atoms with Crippen LogP contribution < -0.4 is 11.1 Å². The van der Waals surface area contributed by atoms with Gasteiger partial charge in [-0.2, -0.15) is 0 Å². The molecule has 18 heavy (non-hydrogen) atoms. The molecule has 1 saturated heterocycles. The lowest BCUT2D eigenvalue weighted by molar-refractivity contribution is -0.123. The van der Waals surface area contributed by atoms with Gasteiger partial charge >= 0.3 is 0 Å². The van der Waals surface area contributed by atoms with Crippen molar-refractivity contribution < 1.29 is 13.6 Å². The Morgan fingerprint density at radius 1 is 1.33 bits per heavy atom. The molecule has 3 N–H and O–H groups in total. The van der Waals surface area contributed by atoms with Crippen molar-refractivity contribution >= 4 is 5.91 Å². The topological polar surface area (TPSA) is 58.4 Å². The molecule has 1 heterocycles. The molecular formula is C12H15F2N3O. The smallest absolute Gasteiger partial charge is 0.239 e. The summed E-state index contributed by atoms with van der Waals surface area (Å²) < 4.78 is 26.9. The summed E-state index contributed by atoms with van der Waals surface area (Å²) in [6.45, 7) is 2.54. The summed E-state index contributed by atoms with van der Waals surface area (Å²) in [6.07, 6.45) is 0. The van der Waals surface area contributed by atoms with Crippen molar-refractivity contribution in [2.24, 2.45) is 5.73 Å². The molecule has 1 fully saturated rings. The number of carbonyl (C=O) groups excluding carboxylic acids is 1. The predicted octanol–water partition coefficient (Wildman–Crippen LogP) is 0.396. The maximum Gasteiger partial charge on any atom is 0.239 e. The Balaban J connectivity index is 2.34. The number of nitrogens with two attached hydrogens (primary N) is 1. The molecule has 1 aliphatic rings. The number of benzene rings is 1. The highest BCUT2D eigenvalue weighted by atomic mass is 19.1. The molecule has 1 aliphatic heterocycles. The average molecular weight is 255 g/mol. The van der Waals surface area contributed by atoms with E-state index in [1.54, 1.807) is 4.90 Å². The number of carbonyl (C=O) groups is 1. The Bertz CT molecular complexity index is 447. The summed E-state index contributed by atoms with van der Waals surface area (Å²) in [4.78, 5) is 13.3. The van der Waals surface area contributed by atoms with E-state index in [-0.39, 0.29) is 5.56 Å². The van der Waals surface area contributed by atoms with E-state index in [4.69, 9.17) is 5.73 Å². The lowest BCUT2D eigenvalue weighted by Crippen LogP contribution is -2.48. The second kappa shape index (κ2) is 5.41. The van der Waals surface area contributed by atoms with Crippen molar-refractivity contribution in [1.29, 1.82) is 0 Å². The third kappa shape index (κ3) is 2.65. The first-order chi connectivity index (χ1) is 8.59. The van der Waals surface area contributed by atoms with Gasteiger partial charge in [0.1, 0.15) is 17.7 Å². The molecule has 0 radical (unpaired) electrons. The molecule has 4 nitrogen and oxygen atoms in total. The van der Waals surface area contributed by atoms with Crippen LogP contribution in [0.2, 0.25) is 0 Å². The zero-order valence-corrected chi connectivity index (χ0v) is 9.83. The molecule has 98 valence electrons. The first-order valence-electron chi connectivity index (χ1n) is 5.78. The summed E-state index contributed by atoms with van der Waals surface area (Å²) >= 11 is 0. The quantitative estimate of drug-likeness (QED) is 0.821. The second-order valence-electron chi connectivity index (χ2n) is 4.26. The third-order valence-corrected chi connectivity index (χ3v) is 3.04. The number of hydrogen-bond donors (Lipinski definition) is 2. The minimum Gasteiger partial charge on any atom is -0.368 e. The van der Waals surface area contributed by atoms with Crippen LogP contribution in [0.15, 0.2) is 18.2 Å². The summed E-state index contributed by atoms with van der Waals surface area (Å²) in [7, 11) is 0. The van der Waals surface area contributed by atoms with Crippen LogP contribution in [0.5, 0.6) is 0 Å². The van der Waals surface area contributed by atoms with Crippen LogP contribution >= 0.6 is 0 Å². The van der Waals surface area contributed by atoms with E-state index in [0.717, 1.165) is 18.2 Å².